The van der Waals surface area contributed by atoms with Crippen molar-refractivity contribution in [1.82, 2.24) is 4.72 Å². The number of hydrogen-bond donors (Lipinski definition) is 1. The van der Waals surface area contributed by atoms with Crippen molar-refractivity contribution in [2.75, 3.05) is 6.54 Å². The van der Waals surface area contributed by atoms with E-state index in [1.807, 2.05) is 0 Å². The lowest BCUT2D eigenvalue weighted by Gasteiger charge is -2.26. The van der Waals surface area contributed by atoms with Crippen molar-refractivity contribution in [3.8, 4) is 6.07 Å². The van der Waals surface area contributed by atoms with Gasteiger partial charge in [-0.15, -0.1) is 0 Å². The normalized spacial score (nSPS) is 28.3. The summed E-state index contributed by atoms with van der Waals surface area (Å²) in [5.41, 5.74) is 0. The summed E-state index contributed by atoms with van der Waals surface area (Å²) in [6, 6.07) is 1.75. The molecule has 0 aromatic heterocycles. The number of sulfonamides is 1. The molecule has 0 aromatic rings. The fourth-order valence-corrected chi connectivity index (χ4v) is 3.03. The van der Waals surface area contributed by atoms with Gasteiger partial charge in [-0.2, -0.15) is 5.26 Å². The molecule has 1 N–H and O–H groups in total. The van der Waals surface area contributed by atoms with Gasteiger partial charge >= 0.3 is 0 Å². The second-order valence-corrected chi connectivity index (χ2v) is 6.89. The standard InChI is InChI=1S/C11H20N2O2S/c1-9-4-3-5-11(6-9)8-13-16(14,15)10(2)7-12/h9-11,13H,3-6,8H2,1-2H3. The van der Waals surface area contributed by atoms with Crippen LogP contribution in [0.25, 0.3) is 0 Å². The number of nitrogens with one attached hydrogen (secondary N) is 1. The van der Waals surface area contributed by atoms with Crippen LogP contribution in [-0.4, -0.2) is 20.2 Å². The van der Waals surface area contributed by atoms with Gasteiger partial charge in [-0.3, -0.25) is 0 Å². The number of hydrogen-bond acceptors (Lipinski definition) is 3. The molecule has 1 rings (SSSR count). The average molecular weight is 244 g/mol. The van der Waals surface area contributed by atoms with Crippen molar-refractivity contribution >= 4 is 10.0 Å². The van der Waals surface area contributed by atoms with Crippen molar-refractivity contribution in [3.05, 3.63) is 0 Å². The molecule has 0 bridgehead atoms. The van der Waals surface area contributed by atoms with Crippen LogP contribution in [0, 0.1) is 23.2 Å². The molecule has 0 amide bonds. The molecule has 1 aliphatic carbocycles. The molecule has 3 atom stereocenters. The molecular weight excluding hydrogens is 224 g/mol. The molecule has 4 nitrogen and oxygen atoms in total. The SMILES string of the molecule is CC1CCCC(CNS(=O)(=O)C(C)C#N)C1. The molecule has 92 valence electrons. The molecule has 5 heteroatoms. The van der Waals surface area contributed by atoms with Crippen LogP contribution < -0.4 is 4.72 Å². The van der Waals surface area contributed by atoms with Crippen molar-refractivity contribution in [1.29, 1.82) is 5.26 Å². The predicted octanol–water partition coefficient (Wildman–Crippen LogP) is 1.64. The summed E-state index contributed by atoms with van der Waals surface area (Å²) < 4.78 is 25.7. The highest BCUT2D eigenvalue weighted by molar-refractivity contribution is 7.90. The highest BCUT2D eigenvalue weighted by Crippen LogP contribution is 2.28. The second-order valence-electron chi connectivity index (χ2n) is 4.80. The first-order chi connectivity index (χ1) is 7.45. The van der Waals surface area contributed by atoms with Crippen LogP contribution in [0.15, 0.2) is 0 Å². The van der Waals surface area contributed by atoms with Crippen LogP contribution in [-0.2, 0) is 10.0 Å². The zero-order valence-electron chi connectivity index (χ0n) is 9.94. The molecule has 0 saturated heterocycles. The minimum absolute atomic E-state index is 0.435. The van der Waals surface area contributed by atoms with Gasteiger partial charge < -0.3 is 0 Å². The minimum Gasteiger partial charge on any atom is -0.214 e. The van der Waals surface area contributed by atoms with Crippen LogP contribution in [0.5, 0.6) is 0 Å². The molecule has 1 fully saturated rings. The van der Waals surface area contributed by atoms with Crippen LogP contribution in [0.4, 0.5) is 0 Å². The van der Waals surface area contributed by atoms with E-state index in [0.717, 1.165) is 12.8 Å². The first-order valence-corrected chi connectivity index (χ1v) is 7.38. The summed E-state index contributed by atoms with van der Waals surface area (Å²) in [6.45, 7) is 4.10. The molecule has 0 aliphatic heterocycles. The smallest absolute Gasteiger partial charge is 0.214 e. The van der Waals surface area contributed by atoms with Gasteiger partial charge in [0.05, 0.1) is 6.07 Å². The van der Waals surface area contributed by atoms with E-state index in [4.69, 9.17) is 5.26 Å². The van der Waals surface area contributed by atoms with Crippen LogP contribution in [0.2, 0.25) is 0 Å². The van der Waals surface area contributed by atoms with E-state index in [1.54, 1.807) is 6.07 Å². The Morgan fingerprint density at radius 3 is 2.75 bits per heavy atom. The lowest BCUT2D eigenvalue weighted by molar-refractivity contribution is 0.283. The van der Waals surface area contributed by atoms with Gasteiger partial charge in [-0.1, -0.05) is 19.8 Å². The van der Waals surface area contributed by atoms with E-state index in [2.05, 4.69) is 11.6 Å². The first-order valence-electron chi connectivity index (χ1n) is 5.83. The van der Waals surface area contributed by atoms with Crippen LogP contribution in [0.3, 0.4) is 0 Å². The average Bonchev–Trinajstić information content (AvgIpc) is 2.25. The van der Waals surface area contributed by atoms with Gasteiger partial charge in [0.15, 0.2) is 5.25 Å². The van der Waals surface area contributed by atoms with Crippen molar-refractivity contribution < 1.29 is 8.42 Å². The Kier molecular flexibility index (Phi) is 4.75. The topological polar surface area (TPSA) is 70.0 Å². The van der Waals surface area contributed by atoms with E-state index in [-0.39, 0.29) is 0 Å². The first kappa shape index (κ1) is 13.5. The Balaban J connectivity index is 2.43. The zero-order valence-corrected chi connectivity index (χ0v) is 10.8. The van der Waals surface area contributed by atoms with E-state index < -0.39 is 15.3 Å². The Morgan fingerprint density at radius 1 is 1.50 bits per heavy atom. The molecule has 1 aliphatic rings. The second kappa shape index (κ2) is 5.65. The predicted molar refractivity (Wildman–Crippen MR) is 63.1 cm³/mol. The molecule has 1 saturated carbocycles. The third kappa shape index (κ3) is 3.76. The molecule has 16 heavy (non-hydrogen) atoms. The molecular formula is C11H20N2O2S. The van der Waals surface area contributed by atoms with Crippen LogP contribution in [0.1, 0.15) is 39.5 Å². The minimum atomic E-state index is -3.44. The van der Waals surface area contributed by atoms with Crippen LogP contribution >= 0.6 is 0 Å². The summed E-state index contributed by atoms with van der Waals surface area (Å²) in [5.74, 6) is 1.13. The van der Waals surface area contributed by atoms with Gasteiger partial charge in [0.1, 0.15) is 0 Å². The van der Waals surface area contributed by atoms with Gasteiger partial charge in [-0.05, 0) is 31.6 Å². The van der Waals surface area contributed by atoms with Crippen molar-refractivity contribution in [2.24, 2.45) is 11.8 Å². The van der Waals surface area contributed by atoms with E-state index in [1.165, 1.54) is 19.8 Å². The quantitative estimate of drug-likeness (QED) is 0.817. The zero-order chi connectivity index (χ0) is 12.2. The monoisotopic (exact) mass is 244 g/mol. The number of nitriles is 1. The number of rotatable bonds is 4. The Bertz CT molecular complexity index is 359. The highest BCUT2D eigenvalue weighted by atomic mass is 32.2. The van der Waals surface area contributed by atoms with E-state index >= 15 is 0 Å². The number of nitrogens with zero attached hydrogens (tertiary/aromatic N) is 1. The van der Waals surface area contributed by atoms with Crippen molar-refractivity contribution in [2.45, 2.75) is 44.8 Å². The summed E-state index contributed by atoms with van der Waals surface area (Å²) in [5, 5.41) is 7.62. The molecule has 0 radical (unpaired) electrons. The molecule has 0 heterocycles. The maximum absolute atomic E-state index is 11.6. The summed E-state index contributed by atoms with van der Waals surface area (Å²) >= 11 is 0. The largest absolute Gasteiger partial charge is 0.227 e. The maximum Gasteiger partial charge on any atom is 0.227 e. The summed E-state index contributed by atoms with van der Waals surface area (Å²) in [4.78, 5) is 0. The molecule has 0 aromatic carbocycles. The highest BCUT2D eigenvalue weighted by Gasteiger charge is 2.23. The van der Waals surface area contributed by atoms with Crippen molar-refractivity contribution in [3.63, 3.8) is 0 Å². The third-order valence-corrected chi connectivity index (χ3v) is 4.87. The Morgan fingerprint density at radius 2 is 2.19 bits per heavy atom. The van der Waals surface area contributed by atoms with E-state index in [0.29, 0.717) is 18.4 Å². The summed E-state index contributed by atoms with van der Waals surface area (Å²) in [7, 11) is -3.44. The van der Waals surface area contributed by atoms with Gasteiger partial charge in [-0.25, -0.2) is 13.1 Å². The fraction of sp³-hybridized carbons (Fsp3) is 0.909. The summed E-state index contributed by atoms with van der Waals surface area (Å²) in [6.07, 6.45) is 4.61. The fourth-order valence-electron chi connectivity index (χ4n) is 2.17. The van der Waals surface area contributed by atoms with Gasteiger partial charge in [0, 0.05) is 6.54 Å². The molecule has 3 unspecified atom stereocenters. The Labute approximate surface area is 98.1 Å². The lowest BCUT2D eigenvalue weighted by Crippen LogP contribution is -2.36. The van der Waals surface area contributed by atoms with Gasteiger partial charge in [0.2, 0.25) is 10.0 Å². The third-order valence-electron chi connectivity index (χ3n) is 3.27. The van der Waals surface area contributed by atoms with Gasteiger partial charge in [0.25, 0.3) is 0 Å². The lowest BCUT2D eigenvalue weighted by atomic mass is 9.83. The maximum atomic E-state index is 11.6. The Hall–Kier alpha value is -0.600. The van der Waals surface area contributed by atoms with E-state index in [9.17, 15) is 8.42 Å². The molecule has 0 spiro atoms.